The molecule has 0 amide bonds. The van der Waals surface area contributed by atoms with E-state index in [0.29, 0.717) is 0 Å². The summed E-state index contributed by atoms with van der Waals surface area (Å²) in [4.78, 5) is 0. The summed E-state index contributed by atoms with van der Waals surface area (Å²) >= 11 is 0. The van der Waals surface area contributed by atoms with Crippen LogP contribution in [0.15, 0.2) is 29.1 Å². The molecule has 0 bridgehead atoms. The van der Waals surface area contributed by atoms with E-state index in [4.69, 9.17) is 0 Å². The Bertz CT molecular complexity index is 70.5. The first kappa shape index (κ1) is 6.54. The molecule has 1 nitrogen and oxygen atoms in total. The number of rotatable bonds is 0. The molecule has 0 aliphatic heterocycles. The van der Waals surface area contributed by atoms with Crippen molar-refractivity contribution in [3.05, 3.63) is 24.7 Å². The van der Waals surface area contributed by atoms with E-state index in [9.17, 15) is 0 Å². The monoisotopic (exact) mass is 110 g/mol. The van der Waals surface area contributed by atoms with Crippen LogP contribution in [0.2, 0.25) is 0 Å². The van der Waals surface area contributed by atoms with Crippen molar-refractivity contribution >= 4 is 37.7 Å². The topological polar surface area (TPSA) is 13.1 Å². The van der Waals surface area contributed by atoms with E-state index in [0.717, 1.165) is 0 Å². The molecule has 0 aliphatic rings. The van der Waals surface area contributed by atoms with Gasteiger partial charge in [-0.15, -0.1) is 0 Å². The second-order valence-electron chi connectivity index (χ2n) is 0.793. The SMILES string of the molecule is [Ca+2].[H-].[H-].c1ccoc1. The van der Waals surface area contributed by atoms with E-state index < -0.39 is 0 Å². The van der Waals surface area contributed by atoms with Crippen LogP contribution >= 0.6 is 0 Å². The Hall–Kier alpha value is 0.540. The van der Waals surface area contributed by atoms with Crippen molar-refractivity contribution < 1.29 is 7.27 Å². The van der Waals surface area contributed by atoms with Crippen molar-refractivity contribution in [2.24, 2.45) is 0 Å². The largest absolute Gasteiger partial charge is 2.00 e. The summed E-state index contributed by atoms with van der Waals surface area (Å²) in [5, 5.41) is 0. The molecule has 0 unspecified atom stereocenters. The Labute approximate surface area is 69.3 Å². The van der Waals surface area contributed by atoms with Crippen molar-refractivity contribution in [3.8, 4) is 0 Å². The summed E-state index contributed by atoms with van der Waals surface area (Å²) in [7, 11) is 0. The Morgan fingerprint density at radius 3 is 1.83 bits per heavy atom. The van der Waals surface area contributed by atoms with Gasteiger partial charge in [-0.2, -0.15) is 0 Å². The van der Waals surface area contributed by atoms with E-state index >= 15 is 0 Å². The maximum absolute atomic E-state index is 4.58. The average Bonchev–Trinajstić information content (AvgIpc) is 1.76. The summed E-state index contributed by atoms with van der Waals surface area (Å²) in [6.45, 7) is 0. The van der Waals surface area contributed by atoms with Gasteiger partial charge >= 0.3 is 37.7 Å². The standard InChI is InChI=1S/C4H4O.Ca.2H/c1-2-4-5-3-1;;;/h1-4H;;;/q;+2;2*-1. The molecule has 0 aromatic carbocycles. The van der Waals surface area contributed by atoms with E-state index in [2.05, 4.69) is 4.42 Å². The molecule has 0 N–H and O–H groups in total. The van der Waals surface area contributed by atoms with Crippen LogP contribution in [0.3, 0.4) is 0 Å². The maximum atomic E-state index is 4.58. The zero-order chi connectivity index (χ0) is 3.54. The minimum absolute atomic E-state index is 0. The summed E-state index contributed by atoms with van der Waals surface area (Å²) in [5.41, 5.74) is 0. The van der Waals surface area contributed by atoms with Crippen molar-refractivity contribution in [2.45, 2.75) is 0 Å². The molecule has 0 atom stereocenters. The van der Waals surface area contributed by atoms with Crippen molar-refractivity contribution in [3.63, 3.8) is 0 Å². The van der Waals surface area contributed by atoms with Gasteiger partial charge in [0.05, 0.1) is 12.5 Å². The Kier molecular flexibility index (Phi) is 4.05. The summed E-state index contributed by atoms with van der Waals surface area (Å²) in [6.07, 6.45) is 3.25. The van der Waals surface area contributed by atoms with Crippen molar-refractivity contribution in [2.75, 3.05) is 0 Å². The van der Waals surface area contributed by atoms with Gasteiger partial charge in [-0.05, 0) is 12.1 Å². The fourth-order valence-corrected chi connectivity index (χ4v) is 0.227. The molecule has 0 fully saturated rings. The number of hydrogen-bond donors (Lipinski definition) is 0. The third kappa shape index (κ3) is 1.85. The molecule has 0 aliphatic carbocycles. The molecule has 6 heavy (non-hydrogen) atoms. The van der Waals surface area contributed by atoms with Gasteiger partial charge in [0.15, 0.2) is 0 Å². The van der Waals surface area contributed by atoms with Gasteiger partial charge in [-0.1, -0.05) is 0 Å². The predicted octanol–water partition coefficient (Wildman–Crippen LogP) is 1.12. The fraction of sp³-hybridized carbons (Fsp3) is 0. The van der Waals surface area contributed by atoms with E-state index in [-0.39, 0.29) is 40.6 Å². The van der Waals surface area contributed by atoms with Crippen molar-refractivity contribution in [1.29, 1.82) is 0 Å². The third-order valence-electron chi connectivity index (χ3n) is 0.425. The van der Waals surface area contributed by atoms with Gasteiger partial charge in [0.2, 0.25) is 0 Å². The van der Waals surface area contributed by atoms with Crippen molar-refractivity contribution in [1.82, 2.24) is 0 Å². The normalized spacial score (nSPS) is 6.67. The molecule has 1 aromatic rings. The molecule has 1 aromatic heterocycles. The molecule has 0 spiro atoms. The molecule has 0 saturated carbocycles. The van der Waals surface area contributed by atoms with E-state index in [1.807, 2.05) is 12.1 Å². The molecule has 0 saturated heterocycles. The van der Waals surface area contributed by atoms with Gasteiger partial charge in [0.25, 0.3) is 0 Å². The molecule has 2 heteroatoms. The Balaban J connectivity index is -0.0000000833. The van der Waals surface area contributed by atoms with Crippen LogP contribution in [-0.4, -0.2) is 37.7 Å². The molecule has 1 rings (SSSR count). The molecular weight excluding hydrogens is 104 g/mol. The number of hydrogen-bond acceptors (Lipinski definition) is 1. The maximum Gasteiger partial charge on any atom is 2.00 e. The first-order valence-electron chi connectivity index (χ1n) is 1.47. The second kappa shape index (κ2) is 3.72. The first-order valence-corrected chi connectivity index (χ1v) is 1.47. The van der Waals surface area contributed by atoms with Crippen LogP contribution in [0, 0.1) is 0 Å². The molecule has 30 valence electrons. The van der Waals surface area contributed by atoms with Gasteiger partial charge in [-0.3, -0.25) is 0 Å². The minimum Gasteiger partial charge on any atom is -1.00 e. The second-order valence-corrected chi connectivity index (χ2v) is 0.793. The smallest absolute Gasteiger partial charge is 1.00 e. The average molecular weight is 110 g/mol. The number of furan rings is 1. The zero-order valence-corrected chi connectivity index (χ0v) is 5.63. The molecular formula is C4H6CaO. The minimum atomic E-state index is 0. The predicted molar refractivity (Wildman–Crippen MR) is 26.7 cm³/mol. The zero-order valence-electron chi connectivity index (χ0n) is 5.42. The fourth-order valence-electron chi connectivity index (χ4n) is 0.227. The summed E-state index contributed by atoms with van der Waals surface area (Å²) < 4.78 is 4.58. The van der Waals surface area contributed by atoms with Gasteiger partial charge in [-0.25, -0.2) is 0 Å². The van der Waals surface area contributed by atoms with E-state index in [1.165, 1.54) is 0 Å². The van der Waals surface area contributed by atoms with Crippen LogP contribution in [0.4, 0.5) is 0 Å². The first-order chi connectivity index (χ1) is 2.50. The molecule has 1 heterocycles. The van der Waals surface area contributed by atoms with Gasteiger partial charge in [0, 0.05) is 0 Å². The van der Waals surface area contributed by atoms with Gasteiger partial charge in [0.1, 0.15) is 0 Å². The summed E-state index contributed by atoms with van der Waals surface area (Å²) in [6, 6.07) is 3.67. The van der Waals surface area contributed by atoms with Gasteiger partial charge < -0.3 is 7.27 Å². The van der Waals surface area contributed by atoms with Crippen LogP contribution in [0.25, 0.3) is 0 Å². The van der Waals surface area contributed by atoms with Crippen LogP contribution in [-0.2, 0) is 0 Å². The quantitative estimate of drug-likeness (QED) is 0.456. The Morgan fingerprint density at radius 1 is 1.17 bits per heavy atom. The van der Waals surface area contributed by atoms with Crippen LogP contribution in [0.5, 0.6) is 0 Å². The Morgan fingerprint density at radius 2 is 1.67 bits per heavy atom. The van der Waals surface area contributed by atoms with Crippen LogP contribution < -0.4 is 0 Å². The summed E-state index contributed by atoms with van der Waals surface area (Å²) in [5.74, 6) is 0. The van der Waals surface area contributed by atoms with Crippen LogP contribution in [0.1, 0.15) is 2.85 Å². The molecule has 0 radical (unpaired) electrons. The van der Waals surface area contributed by atoms with E-state index in [1.54, 1.807) is 12.5 Å². The third-order valence-corrected chi connectivity index (χ3v) is 0.425.